The van der Waals surface area contributed by atoms with Gasteiger partial charge in [0.05, 0.1) is 0 Å². The maximum absolute atomic E-state index is 11.7. The van der Waals surface area contributed by atoms with Crippen LogP contribution in [-0.4, -0.2) is 41.1 Å². The van der Waals surface area contributed by atoms with Gasteiger partial charge in [0.2, 0.25) is 0 Å². The number of rotatable bonds is 6. The Bertz CT molecular complexity index is 262. The quantitative estimate of drug-likeness (QED) is 0.719. The molecule has 1 saturated carbocycles. The number of carbonyl (C=O) groups excluding carboxylic acids is 1. The molecular formula is C11H20N2O3. The Hall–Kier alpha value is -1.26. The van der Waals surface area contributed by atoms with E-state index >= 15 is 0 Å². The van der Waals surface area contributed by atoms with Gasteiger partial charge in [0.25, 0.3) is 0 Å². The van der Waals surface area contributed by atoms with Gasteiger partial charge in [0.15, 0.2) is 0 Å². The maximum Gasteiger partial charge on any atom is 0.323 e. The van der Waals surface area contributed by atoms with Crippen molar-refractivity contribution < 1.29 is 14.7 Å². The zero-order valence-corrected chi connectivity index (χ0v) is 9.90. The summed E-state index contributed by atoms with van der Waals surface area (Å²) < 4.78 is 0. The van der Waals surface area contributed by atoms with Crippen LogP contribution in [-0.2, 0) is 4.79 Å². The first kappa shape index (κ1) is 12.8. The molecule has 1 fully saturated rings. The van der Waals surface area contributed by atoms with Gasteiger partial charge in [-0.3, -0.25) is 4.79 Å². The van der Waals surface area contributed by atoms with Crippen molar-refractivity contribution in [3.05, 3.63) is 0 Å². The second-order valence-electron chi connectivity index (χ2n) is 4.58. The molecule has 0 aromatic carbocycles. The lowest BCUT2D eigenvalue weighted by molar-refractivity contribution is -0.138. The summed E-state index contributed by atoms with van der Waals surface area (Å²) >= 11 is 0. The Labute approximate surface area is 95.8 Å². The average Bonchev–Trinajstić information content (AvgIpc) is 2.97. The van der Waals surface area contributed by atoms with E-state index in [-0.39, 0.29) is 18.6 Å². The van der Waals surface area contributed by atoms with Crippen molar-refractivity contribution in [3.8, 4) is 0 Å². The summed E-state index contributed by atoms with van der Waals surface area (Å²) in [4.78, 5) is 23.6. The summed E-state index contributed by atoms with van der Waals surface area (Å²) in [5.41, 5.74) is 0. The van der Waals surface area contributed by atoms with Crippen LogP contribution in [0.25, 0.3) is 0 Å². The van der Waals surface area contributed by atoms with Gasteiger partial charge in [-0.1, -0.05) is 12.8 Å². The minimum atomic E-state index is -0.981. The topological polar surface area (TPSA) is 69.6 Å². The predicted molar refractivity (Wildman–Crippen MR) is 60.2 cm³/mol. The third kappa shape index (κ3) is 4.51. The average molecular weight is 228 g/mol. The van der Waals surface area contributed by atoms with Crippen LogP contribution >= 0.6 is 0 Å². The molecular weight excluding hydrogens is 208 g/mol. The molecule has 2 amide bonds. The van der Waals surface area contributed by atoms with Crippen LogP contribution in [0.15, 0.2) is 0 Å². The van der Waals surface area contributed by atoms with Crippen LogP contribution in [0.5, 0.6) is 0 Å². The molecule has 0 radical (unpaired) electrons. The Kier molecular flexibility index (Phi) is 4.58. The highest BCUT2D eigenvalue weighted by Crippen LogP contribution is 2.31. The lowest BCUT2D eigenvalue weighted by Gasteiger charge is -2.25. The molecule has 0 bridgehead atoms. The molecule has 0 spiro atoms. The fraction of sp³-hybridized carbons (Fsp3) is 0.818. The monoisotopic (exact) mass is 228 g/mol. The normalized spacial score (nSPS) is 14.9. The number of urea groups is 1. The number of carbonyl (C=O) groups is 2. The molecule has 16 heavy (non-hydrogen) atoms. The minimum Gasteiger partial charge on any atom is -0.480 e. The Morgan fingerprint density at radius 2 is 2.06 bits per heavy atom. The van der Waals surface area contributed by atoms with E-state index in [2.05, 4.69) is 5.32 Å². The number of aliphatic carboxylic acids is 1. The smallest absolute Gasteiger partial charge is 0.323 e. The first-order chi connectivity index (χ1) is 7.50. The third-order valence-electron chi connectivity index (χ3n) is 2.72. The standard InChI is InChI=1S/C11H20N2O3/c1-8(2)13(7-10(14)15)11(16)12-6-5-9-3-4-9/h8-9H,3-7H2,1-2H3,(H,12,16)(H,14,15). The van der Waals surface area contributed by atoms with Gasteiger partial charge < -0.3 is 15.3 Å². The zero-order chi connectivity index (χ0) is 12.1. The molecule has 0 atom stereocenters. The number of carboxylic acids is 1. The Morgan fingerprint density at radius 1 is 1.44 bits per heavy atom. The van der Waals surface area contributed by atoms with Gasteiger partial charge in [-0.2, -0.15) is 0 Å². The highest BCUT2D eigenvalue weighted by Gasteiger charge is 2.22. The molecule has 92 valence electrons. The van der Waals surface area contributed by atoms with Crippen molar-refractivity contribution in [2.45, 2.75) is 39.2 Å². The predicted octanol–water partition coefficient (Wildman–Crippen LogP) is 1.29. The highest BCUT2D eigenvalue weighted by atomic mass is 16.4. The second-order valence-corrected chi connectivity index (χ2v) is 4.58. The fourth-order valence-electron chi connectivity index (χ4n) is 1.53. The maximum atomic E-state index is 11.7. The summed E-state index contributed by atoms with van der Waals surface area (Å²) in [6.45, 7) is 4.02. The van der Waals surface area contributed by atoms with E-state index in [9.17, 15) is 9.59 Å². The molecule has 0 heterocycles. The number of carboxylic acid groups (broad SMARTS) is 1. The SMILES string of the molecule is CC(C)N(CC(=O)O)C(=O)NCCC1CC1. The number of nitrogens with zero attached hydrogens (tertiary/aromatic N) is 1. The van der Waals surface area contributed by atoms with E-state index in [0.29, 0.717) is 6.54 Å². The minimum absolute atomic E-state index is 0.1000. The summed E-state index contributed by atoms with van der Waals surface area (Å²) in [5, 5.41) is 11.4. The molecule has 0 aromatic rings. The van der Waals surface area contributed by atoms with Gasteiger partial charge in [-0.15, -0.1) is 0 Å². The molecule has 5 heteroatoms. The van der Waals surface area contributed by atoms with Crippen LogP contribution in [0.3, 0.4) is 0 Å². The summed E-state index contributed by atoms with van der Waals surface area (Å²) in [5.74, 6) is -0.210. The van der Waals surface area contributed by atoms with Crippen molar-refractivity contribution in [2.75, 3.05) is 13.1 Å². The van der Waals surface area contributed by atoms with E-state index in [1.165, 1.54) is 17.7 Å². The van der Waals surface area contributed by atoms with E-state index in [1.54, 1.807) is 0 Å². The summed E-state index contributed by atoms with van der Waals surface area (Å²) in [6.07, 6.45) is 3.53. The van der Waals surface area contributed by atoms with E-state index < -0.39 is 5.97 Å². The third-order valence-corrected chi connectivity index (χ3v) is 2.72. The van der Waals surface area contributed by atoms with Crippen LogP contribution in [0.2, 0.25) is 0 Å². The van der Waals surface area contributed by atoms with Crippen LogP contribution in [0, 0.1) is 5.92 Å². The van der Waals surface area contributed by atoms with Crippen molar-refractivity contribution in [3.63, 3.8) is 0 Å². The largest absolute Gasteiger partial charge is 0.480 e. The number of amides is 2. The number of nitrogens with one attached hydrogen (secondary N) is 1. The molecule has 5 nitrogen and oxygen atoms in total. The van der Waals surface area contributed by atoms with Crippen molar-refractivity contribution in [1.29, 1.82) is 0 Å². The number of hydrogen-bond acceptors (Lipinski definition) is 2. The first-order valence-electron chi connectivity index (χ1n) is 5.77. The molecule has 0 aliphatic heterocycles. The molecule has 1 aliphatic carbocycles. The van der Waals surface area contributed by atoms with Crippen molar-refractivity contribution >= 4 is 12.0 Å². The molecule has 1 rings (SSSR count). The van der Waals surface area contributed by atoms with Gasteiger partial charge in [0.1, 0.15) is 6.54 Å². The van der Waals surface area contributed by atoms with E-state index in [4.69, 9.17) is 5.11 Å². The molecule has 0 unspecified atom stereocenters. The van der Waals surface area contributed by atoms with Gasteiger partial charge >= 0.3 is 12.0 Å². The Balaban J connectivity index is 2.30. The number of hydrogen-bond donors (Lipinski definition) is 2. The molecule has 0 aromatic heterocycles. The molecule has 2 N–H and O–H groups in total. The van der Waals surface area contributed by atoms with E-state index in [0.717, 1.165) is 12.3 Å². The summed E-state index contributed by atoms with van der Waals surface area (Å²) in [7, 11) is 0. The van der Waals surface area contributed by atoms with Crippen LogP contribution in [0.4, 0.5) is 4.79 Å². The zero-order valence-electron chi connectivity index (χ0n) is 9.90. The second kappa shape index (κ2) is 5.72. The van der Waals surface area contributed by atoms with Crippen molar-refractivity contribution in [1.82, 2.24) is 10.2 Å². The lowest BCUT2D eigenvalue weighted by atomic mass is 10.3. The van der Waals surface area contributed by atoms with Gasteiger partial charge in [-0.25, -0.2) is 4.79 Å². The summed E-state index contributed by atoms with van der Waals surface area (Å²) in [6, 6.07) is -0.380. The lowest BCUT2D eigenvalue weighted by Crippen LogP contribution is -2.46. The highest BCUT2D eigenvalue weighted by molar-refractivity contribution is 5.80. The van der Waals surface area contributed by atoms with E-state index in [1.807, 2.05) is 13.8 Å². The van der Waals surface area contributed by atoms with Crippen molar-refractivity contribution in [2.24, 2.45) is 5.92 Å². The molecule has 1 aliphatic rings. The first-order valence-corrected chi connectivity index (χ1v) is 5.77. The van der Waals surface area contributed by atoms with Gasteiger partial charge in [-0.05, 0) is 26.2 Å². The van der Waals surface area contributed by atoms with Crippen LogP contribution < -0.4 is 5.32 Å². The van der Waals surface area contributed by atoms with Crippen LogP contribution in [0.1, 0.15) is 33.1 Å². The fourth-order valence-corrected chi connectivity index (χ4v) is 1.53. The molecule has 0 saturated heterocycles. The Morgan fingerprint density at radius 3 is 2.50 bits per heavy atom. The van der Waals surface area contributed by atoms with Gasteiger partial charge in [0, 0.05) is 12.6 Å².